The van der Waals surface area contributed by atoms with Crippen LogP contribution >= 0.6 is 0 Å². The van der Waals surface area contributed by atoms with Crippen LogP contribution in [-0.2, 0) is 21.4 Å². The zero-order chi connectivity index (χ0) is 25.1. The van der Waals surface area contributed by atoms with Gasteiger partial charge >= 0.3 is 11.8 Å². The van der Waals surface area contributed by atoms with Crippen LogP contribution < -0.4 is 15.9 Å². The Hall–Kier alpha value is -3.30. The molecule has 10 nitrogen and oxygen atoms in total. The molecule has 0 aliphatic carbocycles. The second-order valence-corrected chi connectivity index (χ2v) is 11.2. The molecule has 35 heavy (non-hydrogen) atoms. The first-order valence-corrected chi connectivity index (χ1v) is 12.2. The minimum absolute atomic E-state index is 0.152. The van der Waals surface area contributed by atoms with E-state index < -0.39 is 17.6 Å². The third-order valence-corrected chi connectivity index (χ3v) is 7.49. The van der Waals surface area contributed by atoms with Crippen molar-refractivity contribution in [3.8, 4) is 0 Å². The van der Waals surface area contributed by atoms with Crippen molar-refractivity contribution in [2.24, 2.45) is 12.5 Å². The summed E-state index contributed by atoms with van der Waals surface area (Å²) in [7, 11) is 1.71. The second-order valence-electron chi connectivity index (χ2n) is 11.2. The molecule has 4 heterocycles. The Morgan fingerprint density at radius 2 is 1.77 bits per heavy atom. The third-order valence-electron chi connectivity index (χ3n) is 7.49. The van der Waals surface area contributed by atoms with Crippen molar-refractivity contribution in [3.05, 3.63) is 28.7 Å². The van der Waals surface area contributed by atoms with Crippen LogP contribution in [0.15, 0.2) is 23.0 Å². The molecule has 1 atom stereocenters. The Morgan fingerprint density at radius 3 is 2.40 bits per heavy atom. The highest BCUT2D eigenvalue weighted by molar-refractivity contribution is 6.00. The van der Waals surface area contributed by atoms with Gasteiger partial charge in [-0.2, -0.15) is 0 Å². The van der Waals surface area contributed by atoms with Gasteiger partial charge in [0.1, 0.15) is 11.6 Å². The molecular weight excluding hydrogens is 450 g/mol. The van der Waals surface area contributed by atoms with E-state index in [2.05, 4.69) is 10.2 Å². The molecule has 1 spiro atoms. The number of likely N-dealkylation sites (tertiary alicyclic amines) is 1. The van der Waals surface area contributed by atoms with Crippen molar-refractivity contribution in [1.82, 2.24) is 19.4 Å². The maximum atomic E-state index is 13.0. The first-order valence-electron chi connectivity index (χ1n) is 12.2. The molecule has 0 saturated carbocycles. The molecule has 3 aliphatic rings. The fourth-order valence-electron chi connectivity index (χ4n) is 5.55. The number of nitrogens with zero attached hydrogens (tertiary/aromatic N) is 4. The van der Waals surface area contributed by atoms with Gasteiger partial charge in [0.15, 0.2) is 0 Å². The first-order chi connectivity index (χ1) is 16.5. The predicted molar refractivity (Wildman–Crippen MR) is 130 cm³/mol. The van der Waals surface area contributed by atoms with Crippen LogP contribution in [0.3, 0.4) is 0 Å². The van der Waals surface area contributed by atoms with E-state index in [-0.39, 0.29) is 29.5 Å². The molecule has 2 aromatic rings. The molecule has 1 aromatic heterocycles. The number of aryl methyl sites for hydroxylation is 1. The van der Waals surface area contributed by atoms with E-state index in [1.54, 1.807) is 16.5 Å². The summed E-state index contributed by atoms with van der Waals surface area (Å²) in [6.07, 6.45) is 2.27. The summed E-state index contributed by atoms with van der Waals surface area (Å²) < 4.78 is 8.56. The molecule has 188 valence electrons. The SMILES string of the molecule is Cn1c(=O)n(C2CCC(=O)NC2=O)c2ccc(N3CCC4(CC3)CN(C(=O)OC(C)(C)C)C4)cc21. The van der Waals surface area contributed by atoms with Gasteiger partial charge in [-0.1, -0.05) is 0 Å². The van der Waals surface area contributed by atoms with Gasteiger partial charge in [0.25, 0.3) is 0 Å². The lowest BCUT2D eigenvalue weighted by Gasteiger charge is -2.54. The number of imide groups is 1. The molecular formula is C25H33N5O5. The van der Waals surface area contributed by atoms with Crippen LogP contribution in [0, 0.1) is 5.41 Å². The van der Waals surface area contributed by atoms with Crippen LogP contribution in [0.5, 0.6) is 0 Å². The van der Waals surface area contributed by atoms with Crippen molar-refractivity contribution in [2.75, 3.05) is 31.1 Å². The average Bonchev–Trinajstić information content (AvgIpc) is 3.01. The standard InChI is InChI=1S/C25H33N5O5/c1-24(2,3)35-23(34)29-14-25(15-29)9-11-28(12-10-25)16-5-6-17-19(13-16)27(4)22(33)30(17)18-7-8-20(31)26-21(18)32/h5-6,13,18H,7-12,14-15H2,1-4H3,(H,26,31,32). The number of imidazole rings is 1. The Morgan fingerprint density at radius 1 is 1.09 bits per heavy atom. The summed E-state index contributed by atoms with van der Waals surface area (Å²) in [6.45, 7) is 8.85. The number of carbonyl (C=O) groups is 3. The van der Waals surface area contributed by atoms with Crippen LogP contribution in [-0.4, -0.2) is 63.7 Å². The lowest BCUT2D eigenvalue weighted by Crippen LogP contribution is -2.62. The molecule has 1 N–H and O–H groups in total. The number of nitrogens with one attached hydrogen (secondary N) is 1. The number of benzene rings is 1. The maximum absolute atomic E-state index is 13.0. The molecule has 0 radical (unpaired) electrons. The largest absolute Gasteiger partial charge is 0.444 e. The third kappa shape index (κ3) is 4.19. The van der Waals surface area contributed by atoms with E-state index >= 15 is 0 Å². The van der Waals surface area contributed by atoms with E-state index in [1.165, 1.54) is 4.57 Å². The van der Waals surface area contributed by atoms with Crippen molar-refractivity contribution in [2.45, 2.75) is 58.1 Å². The van der Waals surface area contributed by atoms with Crippen molar-refractivity contribution in [3.63, 3.8) is 0 Å². The van der Waals surface area contributed by atoms with Crippen LogP contribution in [0.4, 0.5) is 10.5 Å². The molecule has 1 aromatic carbocycles. The van der Waals surface area contributed by atoms with Crippen molar-refractivity contribution in [1.29, 1.82) is 0 Å². The smallest absolute Gasteiger partial charge is 0.410 e. The molecule has 0 bridgehead atoms. The van der Waals surface area contributed by atoms with Crippen molar-refractivity contribution >= 4 is 34.6 Å². The molecule has 3 aliphatic heterocycles. The molecule has 1 unspecified atom stereocenters. The van der Waals surface area contributed by atoms with Gasteiger partial charge in [-0.05, 0) is 58.2 Å². The zero-order valence-corrected chi connectivity index (χ0v) is 20.8. The molecule has 5 rings (SSSR count). The molecule has 10 heteroatoms. The van der Waals surface area contributed by atoms with Gasteiger partial charge in [-0.15, -0.1) is 0 Å². The number of hydrogen-bond acceptors (Lipinski definition) is 6. The number of piperidine rings is 2. The minimum Gasteiger partial charge on any atom is -0.444 e. The van der Waals surface area contributed by atoms with Gasteiger partial charge in [0.2, 0.25) is 11.8 Å². The van der Waals surface area contributed by atoms with E-state index in [9.17, 15) is 19.2 Å². The fourth-order valence-corrected chi connectivity index (χ4v) is 5.55. The first kappa shape index (κ1) is 23.4. The zero-order valence-electron chi connectivity index (χ0n) is 20.8. The molecule has 3 fully saturated rings. The van der Waals surface area contributed by atoms with Gasteiger partial charge < -0.3 is 14.5 Å². The number of amides is 3. The number of ether oxygens (including phenoxy) is 1. The topological polar surface area (TPSA) is 106 Å². The monoisotopic (exact) mass is 483 g/mol. The quantitative estimate of drug-likeness (QED) is 0.657. The van der Waals surface area contributed by atoms with E-state index in [0.717, 1.165) is 50.2 Å². The summed E-state index contributed by atoms with van der Waals surface area (Å²) in [5, 5.41) is 2.34. The van der Waals surface area contributed by atoms with Crippen LogP contribution in [0.1, 0.15) is 52.5 Å². The number of fused-ring (bicyclic) bond motifs is 1. The minimum atomic E-state index is -0.684. The summed E-state index contributed by atoms with van der Waals surface area (Å²) in [4.78, 5) is 53.4. The van der Waals surface area contributed by atoms with Crippen LogP contribution in [0.25, 0.3) is 11.0 Å². The Kier molecular flexibility index (Phi) is 5.45. The lowest BCUT2D eigenvalue weighted by molar-refractivity contribution is -0.135. The van der Waals surface area contributed by atoms with Crippen LogP contribution in [0.2, 0.25) is 0 Å². The van der Waals surface area contributed by atoms with Gasteiger partial charge in [0.05, 0.1) is 11.0 Å². The molecule has 3 amide bonds. The Bertz CT molecular complexity index is 1250. The number of anilines is 1. The van der Waals surface area contributed by atoms with Gasteiger partial charge in [-0.25, -0.2) is 9.59 Å². The van der Waals surface area contributed by atoms with Gasteiger partial charge in [-0.3, -0.25) is 24.0 Å². The van der Waals surface area contributed by atoms with Crippen molar-refractivity contribution < 1.29 is 19.1 Å². The predicted octanol–water partition coefficient (Wildman–Crippen LogP) is 2.16. The van der Waals surface area contributed by atoms with E-state index in [1.807, 2.05) is 39.0 Å². The molecule has 3 saturated heterocycles. The van der Waals surface area contributed by atoms with E-state index in [0.29, 0.717) is 11.9 Å². The number of hydrogen-bond donors (Lipinski definition) is 1. The normalized spacial score (nSPS) is 22.3. The second kappa shape index (κ2) is 8.13. The Balaban J connectivity index is 1.29. The summed E-state index contributed by atoms with van der Waals surface area (Å²) in [5.41, 5.74) is 1.89. The van der Waals surface area contributed by atoms with E-state index in [4.69, 9.17) is 4.74 Å². The summed E-state index contributed by atoms with van der Waals surface area (Å²) >= 11 is 0. The number of rotatable bonds is 2. The fraction of sp³-hybridized carbons (Fsp3) is 0.600. The number of carbonyl (C=O) groups excluding carboxylic acids is 3. The summed E-state index contributed by atoms with van der Waals surface area (Å²) in [5.74, 6) is -0.729. The average molecular weight is 484 g/mol. The highest BCUT2D eigenvalue weighted by atomic mass is 16.6. The maximum Gasteiger partial charge on any atom is 0.410 e. The Labute approximate surface area is 203 Å². The summed E-state index contributed by atoms with van der Waals surface area (Å²) in [6, 6.07) is 5.21. The highest BCUT2D eigenvalue weighted by Crippen LogP contribution is 2.42. The van der Waals surface area contributed by atoms with Gasteiger partial charge in [0, 0.05) is 50.7 Å². The lowest BCUT2D eigenvalue weighted by atomic mass is 9.72. The highest BCUT2D eigenvalue weighted by Gasteiger charge is 2.47. The number of aromatic nitrogens is 2.